The van der Waals surface area contributed by atoms with Gasteiger partial charge in [-0.3, -0.25) is 4.79 Å². The van der Waals surface area contributed by atoms with Crippen LogP contribution < -0.4 is 0 Å². The maximum Gasteiger partial charge on any atom is 0.228 e. The van der Waals surface area contributed by atoms with E-state index in [1.54, 1.807) is 6.20 Å². The molecule has 2 heterocycles. The predicted molar refractivity (Wildman–Crippen MR) is 42.8 cm³/mol. The first-order valence-corrected chi connectivity index (χ1v) is 3.55. The molecule has 6 heteroatoms. The first-order chi connectivity index (χ1) is 6.33. The van der Waals surface area contributed by atoms with Crippen LogP contribution in [-0.2, 0) is 0 Å². The van der Waals surface area contributed by atoms with Crippen LogP contribution in [0.1, 0.15) is 10.5 Å². The summed E-state index contributed by atoms with van der Waals surface area (Å²) in [5, 5.41) is 12.9. The molecule has 13 heavy (non-hydrogen) atoms. The van der Waals surface area contributed by atoms with E-state index < -0.39 is 0 Å². The van der Waals surface area contributed by atoms with Crippen molar-refractivity contribution in [3.8, 4) is 11.7 Å². The number of aromatic amines is 1. The molecule has 0 aromatic carbocycles. The van der Waals surface area contributed by atoms with Crippen LogP contribution in [0.25, 0.3) is 5.95 Å². The zero-order chi connectivity index (χ0) is 9.26. The first kappa shape index (κ1) is 7.53. The Morgan fingerprint density at radius 3 is 3.08 bits per heavy atom. The van der Waals surface area contributed by atoms with Crippen molar-refractivity contribution < 1.29 is 9.90 Å². The number of nitrogens with zero attached hydrogens (tertiary/aromatic N) is 3. The average molecular weight is 178 g/mol. The number of carbonyl (C=O) groups excluding carboxylic acids is 1. The molecule has 0 atom stereocenters. The van der Waals surface area contributed by atoms with Crippen molar-refractivity contribution in [1.29, 1.82) is 0 Å². The number of aromatic hydroxyl groups is 1. The van der Waals surface area contributed by atoms with Crippen molar-refractivity contribution in [3.05, 3.63) is 24.3 Å². The van der Waals surface area contributed by atoms with Crippen molar-refractivity contribution in [1.82, 2.24) is 19.7 Å². The Bertz CT molecular complexity index is 418. The highest BCUT2D eigenvalue weighted by Crippen LogP contribution is 2.15. The lowest BCUT2D eigenvalue weighted by Crippen LogP contribution is -2.02. The van der Waals surface area contributed by atoms with Gasteiger partial charge in [-0.2, -0.15) is 9.78 Å². The average Bonchev–Trinajstić information content (AvgIpc) is 2.71. The second-order valence-electron chi connectivity index (χ2n) is 2.36. The quantitative estimate of drug-likeness (QED) is 0.639. The number of rotatable bonds is 2. The van der Waals surface area contributed by atoms with Crippen LogP contribution in [0.5, 0.6) is 5.75 Å². The molecule has 0 spiro atoms. The van der Waals surface area contributed by atoms with Gasteiger partial charge in [0.1, 0.15) is 0 Å². The summed E-state index contributed by atoms with van der Waals surface area (Å²) < 4.78 is 1.22. The van der Waals surface area contributed by atoms with Gasteiger partial charge in [0.15, 0.2) is 17.7 Å². The molecule has 6 nitrogen and oxygen atoms in total. The molecule has 66 valence electrons. The Morgan fingerprint density at radius 2 is 2.46 bits per heavy atom. The van der Waals surface area contributed by atoms with Crippen LogP contribution in [0.15, 0.2) is 18.6 Å². The Hall–Kier alpha value is -2.11. The molecular formula is C7H6N4O2. The monoisotopic (exact) mass is 178 g/mol. The third kappa shape index (κ3) is 1.08. The summed E-state index contributed by atoms with van der Waals surface area (Å²) in [6, 6.07) is 0. The van der Waals surface area contributed by atoms with Gasteiger partial charge >= 0.3 is 0 Å². The summed E-state index contributed by atoms with van der Waals surface area (Å²) in [6.07, 6.45) is 4.84. The van der Waals surface area contributed by atoms with Crippen molar-refractivity contribution in [3.63, 3.8) is 0 Å². The van der Waals surface area contributed by atoms with E-state index >= 15 is 0 Å². The molecule has 0 amide bonds. The van der Waals surface area contributed by atoms with Gasteiger partial charge in [-0.15, -0.1) is 0 Å². The number of aldehydes is 1. The molecule has 0 fully saturated rings. The topological polar surface area (TPSA) is 83.8 Å². The van der Waals surface area contributed by atoms with E-state index in [2.05, 4.69) is 15.1 Å². The molecular weight excluding hydrogens is 172 g/mol. The highest BCUT2D eigenvalue weighted by molar-refractivity contribution is 5.76. The fraction of sp³-hybridized carbons (Fsp3) is 0. The smallest absolute Gasteiger partial charge is 0.228 e. The standard InChI is InChI=1S/C7H6N4O2/c12-4-5-6(13)3-10-11(5)7-8-1-2-9-7/h1-4,13H,(H,8,9). The summed E-state index contributed by atoms with van der Waals surface area (Å²) in [5.41, 5.74) is 0.0787. The lowest BCUT2D eigenvalue weighted by molar-refractivity contribution is 0.111. The van der Waals surface area contributed by atoms with Crippen LogP contribution in [0.2, 0.25) is 0 Å². The minimum Gasteiger partial charge on any atom is -0.504 e. The van der Waals surface area contributed by atoms with Crippen LogP contribution in [0.4, 0.5) is 0 Å². The van der Waals surface area contributed by atoms with Crippen molar-refractivity contribution in [2.45, 2.75) is 0 Å². The predicted octanol–water partition coefficient (Wildman–Crippen LogP) is 0.113. The number of imidazole rings is 1. The third-order valence-corrected chi connectivity index (χ3v) is 1.58. The number of hydrogen-bond acceptors (Lipinski definition) is 4. The SMILES string of the molecule is O=Cc1c(O)cnn1-c1ncc[nH]1. The minimum atomic E-state index is -0.161. The summed E-state index contributed by atoms with van der Waals surface area (Å²) >= 11 is 0. The molecule has 0 unspecified atom stereocenters. The van der Waals surface area contributed by atoms with Crippen LogP contribution >= 0.6 is 0 Å². The highest BCUT2D eigenvalue weighted by Gasteiger charge is 2.11. The van der Waals surface area contributed by atoms with Crippen LogP contribution in [0.3, 0.4) is 0 Å². The number of carbonyl (C=O) groups is 1. The molecule has 2 rings (SSSR count). The first-order valence-electron chi connectivity index (χ1n) is 3.55. The number of nitrogens with one attached hydrogen (secondary N) is 1. The van der Waals surface area contributed by atoms with Gasteiger partial charge in [-0.1, -0.05) is 0 Å². The van der Waals surface area contributed by atoms with Crippen molar-refractivity contribution >= 4 is 6.29 Å². The second-order valence-corrected chi connectivity index (χ2v) is 2.36. The Balaban J connectivity index is 2.58. The molecule has 0 bridgehead atoms. The number of hydrogen-bond donors (Lipinski definition) is 2. The van der Waals surface area contributed by atoms with Crippen LogP contribution in [-0.4, -0.2) is 31.1 Å². The van der Waals surface area contributed by atoms with E-state index in [0.29, 0.717) is 12.2 Å². The van der Waals surface area contributed by atoms with Crippen LogP contribution in [0, 0.1) is 0 Å². The van der Waals surface area contributed by atoms with Gasteiger partial charge in [0.05, 0.1) is 6.20 Å². The van der Waals surface area contributed by atoms with E-state index in [1.165, 1.54) is 17.1 Å². The number of H-pyrrole nitrogens is 1. The lowest BCUT2D eigenvalue weighted by Gasteiger charge is -1.96. The van der Waals surface area contributed by atoms with Gasteiger partial charge in [0.25, 0.3) is 0 Å². The number of aromatic nitrogens is 4. The zero-order valence-corrected chi connectivity index (χ0v) is 6.51. The zero-order valence-electron chi connectivity index (χ0n) is 6.51. The Labute approximate surface area is 72.8 Å². The van der Waals surface area contributed by atoms with Gasteiger partial charge in [-0.25, -0.2) is 4.98 Å². The van der Waals surface area contributed by atoms with Gasteiger partial charge in [0, 0.05) is 12.4 Å². The maximum atomic E-state index is 10.5. The molecule has 2 aromatic rings. The van der Waals surface area contributed by atoms with Gasteiger partial charge in [-0.05, 0) is 0 Å². The summed E-state index contributed by atoms with van der Waals surface area (Å²) in [6.45, 7) is 0. The lowest BCUT2D eigenvalue weighted by atomic mass is 10.4. The molecule has 0 saturated heterocycles. The van der Waals surface area contributed by atoms with E-state index in [4.69, 9.17) is 0 Å². The summed E-state index contributed by atoms with van der Waals surface area (Å²) in [5.74, 6) is 0.230. The second kappa shape index (κ2) is 2.74. The van der Waals surface area contributed by atoms with E-state index in [-0.39, 0.29) is 11.4 Å². The van der Waals surface area contributed by atoms with E-state index in [9.17, 15) is 9.90 Å². The fourth-order valence-corrected chi connectivity index (χ4v) is 1.00. The van der Waals surface area contributed by atoms with Gasteiger partial charge in [0.2, 0.25) is 5.95 Å². The molecule has 0 aliphatic carbocycles. The van der Waals surface area contributed by atoms with Gasteiger partial charge < -0.3 is 10.1 Å². The Morgan fingerprint density at radius 1 is 1.62 bits per heavy atom. The highest BCUT2D eigenvalue weighted by atomic mass is 16.3. The molecule has 0 saturated carbocycles. The molecule has 0 aliphatic rings. The molecule has 0 radical (unpaired) electrons. The van der Waals surface area contributed by atoms with E-state index in [0.717, 1.165) is 0 Å². The van der Waals surface area contributed by atoms with Crippen molar-refractivity contribution in [2.24, 2.45) is 0 Å². The Kier molecular flexibility index (Phi) is 1.59. The largest absolute Gasteiger partial charge is 0.504 e. The fourth-order valence-electron chi connectivity index (χ4n) is 1.00. The van der Waals surface area contributed by atoms with E-state index in [1.807, 2.05) is 0 Å². The third-order valence-electron chi connectivity index (χ3n) is 1.58. The van der Waals surface area contributed by atoms with Crippen molar-refractivity contribution in [2.75, 3.05) is 0 Å². The summed E-state index contributed by atoms with van der Waals surface area (Å²) in [7, 11) is 0. The minimum absolute atomic E-state index is 0.0787. The molecule has 2 N–H and O–H groups in total. The normalized spacial score (nSPS) is 10.2. The molecule has 0 aliphatic heterocycles. The summed E-state index contributed by atoms with van der Waals surface area (Å²) in [4.78, 5) is 17.2. The maximum absolute atomic E-state index is 10.5. The molecule has 2 aromatic heterocycles.